The van der Waals surface area contributed by atoms with Crippen LogP contribution in [0.5, 0.6) is 0 Å². The number of fused-ring (bicyclic) bond motifs is 1. The smallest absolute Gasteiger partial charge is 0.336 e. The van der Waals surface area contributed by atoms with Gasteiger partial charge in [0, 0.05) is 17.6 Å². The Bertz CT molecular complexity index is 551. The number of aromatic carboxylic acids is 1. The van der Waals surface area contributed by atoms with Crippen molar-refractivity contribution in [2.45, 2.75) is 0 Å². The van der Waals surface area contributed by atoms with Gasteiger partial charge in [0.05, 0.1) is 12.2 Å². The van der Waals surface area contributed by atoms with Crippen LogP contribution in [0, 0.1) is 0 Å². The number of carboxylic acid groups (broad SMARTS) is 1. The summed E-state index contributed by atoms with van der Waals surface area (Å²) in [6.07, 6.45) is 0. The van der Waals surface area contributed by atoms with Crippen molar-refractivity contribution in [2.24, 2.45) is 0 Å². The Balaban J connectivity index is 2.58. The van der Waals surface area contributed by atoms with Gasteiger partial charge in [-0.25, -0.2) is 4.79 Å². The number of benzene rings is 2. The molecule has 0 radical (unpaired) electrons. The maximum Gasteiger partial charge on any atom is 0.336 e. The van der Waals surface area contributed by atoms with Gasteiger partial charge < -0.3 is 15.5 Å². The number of carboxylic acids is 1. The van der Waals surface area contributed by atoms with Gasteiger partial charge in [0.2, 0.25) is 0 Å². The Kier molecular flexibility index (Phi) is 3.25. The van der Waals surface area contributed by atoms with E-state index in [0.717, 1.165) is 11.1 Å². The van der Waals surface area contributed by atoms with E-state index in [1.807, 2.05) is 18.2 Å². The predicted octanol–water partition coefficient (Wildman–Crippen LogP) is 1.94. The average Bonchev–Trinajstić information content (AvgIpc) is 2.35. The molecule has 4 heteroatoms. The molecule has 0 amide bonds. The van der Waals surface area contributed by atoms with Gasteiger partial charge in [-0.2, -0.15) is 0 Å². The molecule has 2 aromatic carbocycles. The number of rotatable bonds is 4. The topological polar surface area (TPSA) is 69.6 Å². The van der Waals surface area contributed by atoms with E-state index < -0.39 is 5.97 Å². The molecule has 0 aliphatic rings. The Morgan fingerprint density at radius 3 is 2.47 bits per heavy atom. The summed E-state index contributed by atoms with van der Waals surface area (Å²) in [7, 11) is 0. The first-order valence-electron chi connectivity index (χ1n) is 5.34. The van der Waals surface area contributed by atoms with Gasteiger partial charge in [0.1, 0.15) is 0 Å². The van der Waals surface area contributed by atoms with Crippen molar-refractivity contribution in [1.29, 1.82) is 0 Å². The van der Waals surface area contributed by atoms with E-state index >= 15 is 0 Å². The van der Waals surface area contributed by atoms with E-state index in [1.165, 1.54) is 0 Å². The Morgan fingerprint density at radius 2 is 1.82 bits per heavy atom. The average molecular weight is 231 g/mol. The lowest BCUT2D eigenvalue weighted by molar-refractivity contribution is 0.0699. The molecule has 4 nitrogen and oxygen atoms in total. The summed E-state index contributed by atoms with van der Waals surface area (Å²) in [6.45, 7) is 0.478. The van der Waals surface area contributed by atoms with Crippen LogP contribution in [0.25, 0.3) is 10.8 Å². The van der Waals surface area contributed by atoms with Crippen molar-refractivity contribution in [3.05, 3.63) is 42.0 Å². The number of hydrogen-bond acceptors (Lipinski definition) is 3. The van der Waals surface area contributed by atoms with Crippen LogP contribution in [-0.2, 0) is 0 Å². The standard InChI is InChI=1S/C13H13NO3/c15-8-7-14-12-6-5-11(13(16)17)9-3-1-2-4-10(9)12/h1-6,14-15H,7-8H2,(H,16,17). The zero-order valence-electron chi connectivity index (χ0n) is 9.18. The fraction of sp³-hybridized carbons (Fsp3) is 0.154. The minimum absolute atomic E-state index is 0.0367. The number of nitrogens with one attached hydrogen (secondary N) is 1. The van der Waals surface area contributed by atoms with Crippen LogP contribution in [0.4, 0.5) is 5.69 Å². The summed E-state index contributed by atoms with van der Waals surface area (Å²) < 4.78 is 0. The van der Waals surface area contributed by atoms with Gasteiger partial charge in [-0.15, -0.1) is 0 Å². The molecule has 0 unspecified atom stereocenters. The third-order valence-corrected chi connectivity index (χ3v) is 2.58. The molecular formula is C13H13NO3. The first-order chi connectivity index (χ1) is 8.24. The molecular weight excluding hydrogens is 218 g/mol. The molecule has 0 aliphatic carbocycles. The summed E-state index contributed by atoms with van der Waals surface area (Å²) in [4.78, 5) is 11.1. The third kappa shape index (κ3) is 2.21. The Morgan fingerprint density at radius 1 is 1.12 bits per heavy atom. The predicted molar refractivity (Wildman–Crippen MR) is 66.5 cm³/mol. The van der Waals surface area contributed by atoms with Crippen molar-refractivity contribution in [3.8, 4) is 0 Å². The normalized spacial score (nSPS) is 10.4. The number of aliphatic hydroxyl groups excluding tert-OH is 1. The summed E-state index contributed by atoms with van der Waals surface area (Å²) in [5, 5.41) is 22.5. The lowest BCUT2D eigenvalue weighted by atomic mass is 10.0. The summed E-state index contributed by atoms with van der Waals surface area (Å²) >= 11 is 0. The van der Waals surface area contributed by atoms with E-state index in [4.69, 9.17) is 10.2 Å². The van der Waals surface area contributed by atoms with Crippen LogP contribution in [0.3, 0.4) is 0 Å². The first kappa shape index (κ1) is 11.4. The summed E-state index contributed by atoms with van der Waals surface area (Å²) in [6, 6.07) is 10.6. The molecule has 0 aliphatic heterocycles. The minimum Gasteiger partial charge on any atom is -0.478 e. The molecule has 0 atom stereocenters. The number of aliphatic hydroxyl groups is 1. The van der Waals surface area contributed by atoms with Crippen molar-refractivity contribution in [2.75, 3.05) is 18.5 Å². The minimum atomic E-state index is -0.935. The number of hydrogen-bond donors (Lipinski definition) is 3. The van der Waals surface area contributed by atoms with E-state index in [0.29, 0.717) is 11.9 Å². The lowest BCUT2D eigenvalue weighted by Crippen LogP contribution is -2.06. The van der Waals surface area contributed by atoms with E-state index in [2.05, 4.69) is 5.32 Å². The number of anilines is 1. The third-order valence-electron chi connectivity index (χ3n) is 2.58. The maximum atomic E-state index is 11.1. The SMILES string of the molecule is O=C(O)c1ccc(NCCO)c2ccccc12. The van der Waals surface area contributed by atoms with Gasteiger partial charge in [0.15, 0.2) is 0 Å². The monoisotopic (exact) mass is 231 g/mol. The highest BCUT2D eigenvalue weighted by atomic mass is 16.4. The molecule has 0 heterocycles. The van der Waals surface area contributed by atoms with Gasteiger partial charge in [-0.05, 0) is 17.5 Å². The molecule has 0 fully saturated rings. The van der Waals surface area contributed by atoms with Crippen LogP contribution in [-0.4, -0.2) is 29.3 Å². The molecule has 0 spiro atoms. The Hall–Kier alpha value is -2.07. The summed E-state index contributed by atoms with van der Waals surface area (Å²) in [5.74, 6) is -0.935. The quantitative estimate of drug-likeness (QED) is 0.752. The molecule has 0 saturated carbocycles. The highest BCUT2D eigenvalue weighted by Gasteiger charge is 2.10. The van der Waals surface area contributed by atoms with Crippen LogP contribution >= 0.6 is 0 Å². The van der Waals surface area contributed by atoms with E-state index in [1.54, 1.807) is 18.2 Å². The van der Waals surface area contributed by atoms with Gasteiger partial charge in [-0.1, -0.05) is 24.3 Å². The second-order valence-corrected chi connectivity index (χ2v) is 3.66. The van der Waals surface area contributed by atoms with Gasteiger partial charge in [0.25, 0.3) is 0 Å². The van der Waals surface area contributed by atoms with E-state index in [9.17, 15) is 4.79 Å². The highest BCUT2D eigenvalue weighted by Crippen LogP contribution is 2.26. The maximum absolute atomic E-state index is 11.1. The van der Waals surface area contributed by atoms with Crippen molar-refractivity contribution < 1.29 is 15.0 Å². The van der Waals surface area contributed by atoms with Crippen LogP contribution in [0.15, 0.2) is 36.4 Å². The molecule has 0 bridgehead atoms. The van der Waals surface area contributed by atoms with Crippen LogP contribution < -0.4 is 5.32 Å². The second kappa shape index (κ2) is 4.84. The molecule has 0 saturated heterocycles. The highest BCUT2D eigenvalue weighted by molar-refractivity contribution is 6.07. The first-order valence-corrected chi connectivity index (χ1v) is 5.34. The Labute approximate surface area is 98.5 Å². The molecule has 88 valence electrons. The molecule has 2 rings (SSSR count). The molecule has 3 N–H and O–H groups in total. The molecule has 2 aromatic rings. The summed E-state index contributed by atoms with van der Waals surface area (Å²) in [5.41, 5.74) is 1.12. The largest absolute Gasteiger partial charge is 0.478 e. The van der Waals surface area contributed by atoms with E-state index in [-0.39, 0.29) is 12.2 Å². The zero-order valence-corrected chi connectivity index (χ0v) is 9.18. The fourth-order valence-corrected chi connectivity index (χ4v) is 1.83. The second-order valence-electron chi connectivity index (χ2n) is 3.66. The fourth-order valence-electron chi connectivity index (χ4n) is 1.83. The zero-order chi connectivity index (χ0) is 12.3. The van der Waals surface area contributed by atoms with Gasteiger partial charge >= 0.3 is 5.97 Å². The van der Waals surface area contributed by atoms with Crippen LogP contribution in [0.2, 0.25) is 0 Å². The lowest BCUT2D eigenvalue weighted by Gasteiger charge is -2.10. The number of carbonyl (C=O) groups is 1. The molecule has 0 aromatic heterocycles. The molecule has 17 heavy (non-hydrogen) atoms. The van der Waals surface area contributed by atoms with Crippen LogP contribution in [0.1, 0.15) is 10.4 Å². The van der Waals surface area contributed by atoms with Gasteiger partial charge in [-0.3, -0.25) is 0 Å². The van der Waals surface area contributed by atoms with Crippen molar-refractivity contribution in [3.63, 3.8) is 0 Å². The van der Waals surface area contributed by atoms with Crippen molar-refractivity contribution >= 4 is 22.4 Å². The van der Waals surface area contributed by atoms with Crippen molar-refractivity contribution in [1.82, 2.24) is 0 Å².